The quantitative estimate of drug-likeness (QED) is 0.00371. The topological polar surface area (TPSA) is 412 Å². The van der Waals surface area contributed by atoms with Gasteiger partial charge in [0.05, 0.1) is 44.2 Å². The van der Waals surface area contributed by atoms with Crippen LogP contribution in [0.25, 0.3) is 22.3 Å². The Labute approximate surface area is 1000 Å². The third kappa shape index (κ3) is 62.7. The largest absolute Gasteiger partial charge is 0.495 e. The second-order valence-electron chi connectivity index (χ2n) is 34.2. The average Bonchev–Trinajstić information content (AvgIpc) is 1.60. The summed E-state index contributed by atoms with van der Waals surface area (Å²) in [7, 11) is 19.4. The van der Waals surface area contributed by atoms with E-state index in [9.17, 15) is 47.0 Å². The minimum Gasteiger partial charge on any atom is -0.405 e. The molecule has 3 saturated heterocycles. The number of anilines is 8. The van der Waals surface area contributed by atoms with Crippen LogP contribution in [0.1, 0.15) is 129 Å². The second-order valence-corrected chi connectivity index (χ2v) is 53.0. The number of nitrogen functional groups attached to an aromatic ring is 4. The number of aromatic nitrogens is 3. The van der Waals surface area contributed by atoms with Crippen molar-refractivity contribution in [1.29, 1.82) is 0 Å². The maximum absolute atomic E-state index is 13.9. The van der Waals surface area contributed by atoms with Gasteiger partial charge < -0.3 is 163 Å². The first kappa shape index (κ1) is 153. The van der Waals surface area contributed by atoms with Crippen LogP contribution in [-0.4, -0.2) is 267 Å². The van der Waals surface area contributed by atoms with Crippen LogP contribution in [0.15, 0.2) is 141 Å². The van der Waals surface area contributed by atoms with Gasteiger partial charge in [-0.2, -0.15) is 0 Å². The van der Waals surface area contributed by atoms with E-state index in [1.54, 1.807) is 24.4 Å². The smallest absolute Gasteiger partial charge is 0.405 e. The number of pyridine rings is 3. The Morgan fingerprint density at radius 2 is 0.759 bits per heavy atom. The molecule has 5 aromatic carbocycles. The number of hydrogen-bond acceptors (Lipinski definition) is 29. The summed E-state index contributed by atoms with van der Waals surface area (Å²) < 4.78 is 110. The maximum atomic E-state index is 13.9. The standard InChI is InChI=1S/C16H26BFN2O2.C15H18FN5O2.C15H20FN5.C12H24B2O4.C10H14BrFN2.C7H4BrFO.C5H4BrN3O2.C4H12N2.2C2H5I.C2H6.CI3.CHI2.CH4O.CH4.2V/c1-15(2)16(3,4)22-17(21-15)12-9-13(18)11-14(10-12)19-7-8-20(5)6;1-20(2)6-5-18-12-8-10(7-11(16)9-12)13-3-4-19-15(14(13)17)21(22)23;1-21(2)6-5-19-12-8-10(7-11(16)9-12)13-3-4-20-15(18)14(13)17;1-9(2)10(3,4)16-13(15-9)14-17-11(5,6)12(7,8)18-14;1-14(2)4-3-13-10-6-8(11)5-9(12)7-10;8-6-1-5(4-10)2-7(9)3-6;6-3-1-2-8-5(7)4(3)9(10)11;1-6(2)4-3-5;2*1-2-3;1-2;2-1(3)4;2-1-3;1-2;;;/h9-11,19H,7-8H2,1-6H3;3-4,7-9,18H,5-6,17H2,1-2H3;3-4,7-9,19H,5-6,17H2,1-2H3,(H2,18,20);1-8H3;5-7,13H,3-4H2,1-2H3;1-4H;1-2H,(H2,7,8);3-5H2,1-2H3;2*2H2,1H3;1-2H3;;1H;2H,1H3;1H4;;/q;;;;;;;;;;;2*-1;;;;. The molecule has 0 aliphatic carbocycles. The van der Waals surface area contributed by atoms with Crippen molar-refractivity contribution in [3.8, 4) is 22.3 Å². The molecule has 6 heterocycles. The predicted octanol–water partition coefficient (Wildman–Crippen LogP) is 23.4. The molecule has 0 spiro atoms. The molecule has 11 rings (SSSR count). The Morgan fingerprint density at radius 1 is 0.469 bits per heavy atom. The average molecular weight is 3090 g/mol. The van der Waals surface area contributed by atoms with E-state index in [0.717, 1.165) is 81.9 Å². The summed E-state index contributed by atoms with van der Waals surface area (Å²) in [6.45, 7) is 40.5. The number of nitrogens with two attached hydrogens (primary N) is 5. The first-order chi connectivity index (χ1) is 66.0. The summed E-state index contributed by atoms with van der Waals surface area (Å²) in [5.74, 6) is -1.97. The third-order valence-electron chi connectivity index (χ3n) is 19.9. The molecule has 3 fully saturated rings. The Morgan fingerprint density at radius 3 is 1.06 bits per heavy atom. The molecule has 816 valence electrons. The number of rotatable bonds is 25. The number of carbonyl (C=O) groups is 1. The maximum Gasteiger partial charge on any atom is 0.495 e. The number of nitro groups is 2. The molecule has 8 aromatic rings. The first-order valence-corrected chi connectivity index (χ1v) is 55.3. The number of aliphatic hydroxyl groups excluding tert-OH is 1. The zero-order chi connectivity index (χ0) is 110. The van der Waals surface area contributed by atoms with E-state index in [0.29, 0.717) is 72.1 Å². The van der Waals surface area contributed by atoms with Gasteiger partial charge in [-0.1, -0.05) is 112 Å². The summed E-state index contributed by atoms with van der Waals surface area (Å²) in [6.07, 6.45) is 4.85. The molecular formula is C94H147B3Br3F5I7N19O12V2-2. The van der Waals surface area contributed by atoms with Gasteiger partial charge in [-0.15, -0.1) is -0.0619 Å². The van der Waals surface area contributed by atoms with Gasteiger partial charge in [0.25, 0.3) is 0 Å². The van der Waals surface area contributed by atoms with Gasteiger partial charge >= 0.3 is 32.6 Å². The SMILES string of the molecule is C.CC.CC1(C)OB(B2OC(C)(C)C(C)(C)O2)OC1(C)C.CCI.CCI.CN(C)CCN.CN(C)CCNc1cc(F)cc(-c2ccnc(N)c2N)c1.CN(C)CCNc1cc(F)cc(-c2ccnc([N+](=O)[O-])c2N)c1.CN(C)CCNc1cc(F)cc(B2OC(C)(C)C(C)(C)O2)c1.CN(C)CCNc1cc(F)cc(Br)c1.CO.I[C-](I)I.I[CH-]I.Nc1nccc(Br)c1[N+](=O)[O-].O=Cc1cc(F)cc(Br)c1.[V].[V]. The molecular weight excluding hydrogens is 2940 g/mol. The third-order valence-corrected chi connectivity index (χ3v) is 21.4. The van der Waals surface area contributed by atoms with Crippen LogP contribution in [0.5, 0.6) is 0 Å². The summed E-state index contributed by atoms with van der Waals surface area (Å²) in [5.41, 5.74) is 31.7. The molecule has 15 N–H and O–H groups in total. The van der Waals surface area contributed by atoms with Gasteiger partial charge in [0, 0.05) is 170 Å². The van der Waals surface area contributed by atoms with Crippen molar-refractivity contribution in [3.05, 3.63) is 198 Å². The molecule has 3 aliphatic heterocycles. The fraction of sp³-hybridized carbons (Fsp3) is 0.489. The molecule has 3 aliphatic rings. The van der Waals surface area contributed by atoms with Crippen molar-refractivity contribution in [3.63, 3.8) is 0 Å². The Balaban J connectivity index is -0.000000378. The fourth-order valence-corrected chi connectivity index (χ4v) is 12.4. The number of benzene rings is 5. The number of likely N-dealkylation sites (N-methyl/N-ethyl adjacent to an activating group) is 5. The molecule has 0 bridgehead atoms. The fourth-order valence-electron chi connectivity index (χ4n) is 11.0. The number of carbonyl (C=O) groups excluding carboxylic acids is 1. The van der Waals surface area contributed by atoms with Gasteiger partial charge in [0.1, 0.15) is 57.5 Å². The van der Waals surface area contributed by atoms with Gasteiger partial charge in [-0.3, -0.25) is 82.7 Å². The van der Waals surface area contributed by atoms with Crippen LogP contribution in [-0.2, 0) is 65.0 Å². The van der Waals surface area contributed by atoms with E-state index in [4.69, 9.17) is 61.7 Å². The summed E-state index contributed by atoms with van der Waals surface area (Å²) in [6, 6.07) is 27.5. The van der Waals surface area contributed by atoms with Gasteiger partial charge in [-0.25, -0.2) is 34.4 Å². The van der Waals surface area contributed by atoms with Crippen LogP contribution < -0.4 is 55.4 Å². The Kier molecular flexibility index (Phi) is 84.8. The van der Waals surface area contributed by atoms with Crippen LogP contribution >= 0.6 is 206 Å². The zero-order valence-electron chi connectivity index (χ0n) is 86.9. The van der Waals surface area contributed by atoms with Crippen molar-refractivity contribution < 1.29 is 107 Å². The summed E-state index contributed by atoms with van der Waals surface area (Å²) >= 11 is 24.9. The van der Waals surface area contributed by atoms with Crippen molar-refractivity contribution in [2.45, 2.75) is 152 Å². The van der Waals surface area contributed by atoms with E-state index in [-0.39, 0.29) is 107 Å². The van der Waals surface area contributed by atoms with Crippen LogP contribution in [0.3, 0.4) is 0 Å². The van der Waals surface area contributed by atoms with E-state index < -0.39 is 59.6 Å². The van der Waals surface area contributed by atoms with Gasteiger partial charge in [0.2, 0.25) is 5.82 Å². The number of alkyl halides is 2. The first-order valence-electron chi connectivity index (χ1n) is 44.1. The minimum absolute atomic E-state index is 0. The number of halogens is 15. The molecule has 31 nitrogen and oxygen atoms in total. The number of hydrogen-bond donors (Lipinski definition) is 10. The van der Waals surface area contributed by atoms with Crippen LogP contribution in [0.4, 0.5) is 79.2 Å². The molecule has 3 aromatic heterocycles. The van der Waals surface area contributed by atoms with Crippen LogP contribution in [0.2, 0.25) is 0 Å². The Hall–Kier alpha value is -2.54. The minimum atomic E-state index is -0.658. The van der Waals surface area contributed by atoms with E-state index in [1.807, 2.05) is 193 Å². The Bertz CT molecular complexity index is 4840. The molecule has 0 amide bonds. The van der Waals surface area contributed by atoms with Crippen molar-refractivity contribution in [2.24, 2.45) is 5.73 Å². The molecule has 51 heteroatoms. The van der Waals surface area contributed by atoms with Gasteiger partial charge in [0.15, 0.2) is 0 Å². The molecule has 2 radical (unpaired) electrons. The molecule has 0 atom stereocenters. The zero-order valence-corrected chi connectivity index (χ0v) is 110. The predicted molar refractivity (Wildman–Crippen MR) is 659 cm³/mol. The monoisotopic (exact) mass is 3090 g/mol. The summed E-state index contributed by atoms with van der Waals surface area (Å²) in [4.78, 5) is 51.5. The van der Waals surface area contributed by atoms with E-state index >= 15 is 0 Å². The van der Waals surface area contributed by atoms with E-state index in [1.165, 1.54) is 94.0 Å². The van der Waals surface area contributed by atoms with Crippen molar-refractivity contribution >= 4 is 296 Å². The summed E-state index contributed by atoms with van der Waals surface area (Å²) in [5, 5.41) is 40.9. The number of aliphatic hydroxyl groups is 1. The molecule has 0 unspecified atom stereocenters. The molecule has 0 saturated carbocycles. The van der Waals surface area contributed by atoms with Crippen molar-refractivity contribution in [1.82, 2.24) is 39.5 Å². The number of aldehydes is 1. The normalized spacial score (nSPS) is 13.8. The van der Waals surface area contributed by atoms with Gasteiger partial charge in [-0.05, 0) is 314 Å². The van der Waals surface area contributed by atoms with Crippen LogP contribution in [0, 0.1) is 51.7 Å². The number of nitrogens with one attached hydrogen (secondary N) is 4. The van der Waals surface area contributed by atoms with E-state index in [2.05, 4.69) is 276 Å². The molecule has 145 heavy (non-hydrogen) atoms. The number of nitrogens with zero attached hydrogens (tertiary/aromatic N) is 10. The van der Waals surface area contributed by atoms with Crippen molar-refractivity contribution in [2.75, 3.05) is 196 Å². The second kappa shape index (κ2) is 80.3.